The molecule has 0 atom stereocenters. The molecule has 0 bridgehead atoms. The molecule has 2 aromatic heterocycles. The van der Waals surface area contributed by atoms with Gasteiger partial charge in [0.15, 0.2) is 0 Å². The minimum absolute atomic E-state index is 0.0624. The van der Waals surface area contributed by atoms with E-state index in [0.29, 0.717) is 13.0 Å². The summed E-state index contributed by atoms with van der Waals surface area (Å²) in [7, 11) is 0. The second-order valence-corrected chi connectivity index (χ2v) is 5.27. The highest BCUT2D eigenvalue weighted by molar-refractivity contribution is 6.06. The van der Waals surface area contributed by atoms with Crippen LogP contribution in [-0.2, 0) is 11.3 Å². The van der Waals surface area contributed by atoms with Gasteiger partial charge >= 0.3 is 0 Å². The molecule has 0 aliphatic carbocycles. The Bertz CT molecular complexity index is 973. The number of para-hydroxylation sites is 1. The zero-order chi connectivity index (χ0) is 15.6. The van der Waals surface area contributed by atoms with Gasteiger partial charge in [-0.05, 0) is 24.3 Å². The van der Waals surface area contributed by atoms with Gasteiger partial charge in [-0.2, -0.15) is 5.10 Å². The Morgan fingerprint density at radius 3 is 2.87 bits per heavy atom. The normalized spacial score (nSPS) is 11.1. The smallest absolute Gasteiger partial charge is 0.226 e. The molecule has 0 aliphatic rings. The number of rotatable bonds is 4. The van der Waals surface area contributed by atoms with Crippen LogP contribution in [0.1, 0.15) is 6.42 Å². The van der Waals surface area contributed by atoms with E-state index in [1.807, 2.05) is 42.5 Å². The first-order valence-electron chi connectivity index (χ1n) is 7.33. The average Bonchev–Trinajstić information content (AvgIpc) is 3.20. The Morgan fingerprint density at radius 2 is 2.00 bits per heavy atom. The summed E-state index contributed by atoms with van der Waals surface area (Å²) in [6, 6.07) is 13.5. The molecule has 114 valence electrons. The van der Waals surface area contributed by atoms with E-state index in [1.54, 1.807) is 11.0 Å². The molecule has 2 aromatic carbocycles. The van der Waals surface area contributed by atoms with Gasteiger partial charge in [0.1, 0.15) is 23.8 Å². The number of hydrogen-bond acceptors (Lipinski definition) is 4. The van der Waals surface area contributed by atoms with Crippen LogP contribution in [0.25, 0.3) is 21.9 Å². The zero-order valence-corrected chi connectivity index (χ0v) is 12.3. The van der Waals surface area contributed by atoms with Crippen molar-refractivity contribution < 1.29 is 9.21 Å². The Hall–Kier alpha value is -3.15. The van der Waals surface area contributed by atoms with Crippen molar-refractivity contribution in [3.05, 3.63) is 55.1 Å². The van der Waals surface area contributed by atoms with Crippen LogP contribution in [0.4, 0.5) is 5.69 Å². The lowest BCUT2D eigenvalue weighted by molar-refractivity contribution is -0.116. The van der Waals surface area contributed by atoms with Crippen LogP contribution in [0.5, 0.6) is 0 Å². The predicted octanol–water partition coefficient (Wildman–Crippen LogP) is 3.21. The highest BCUT2D eigenvalue weighted by atomic mass is 16.3. The minimum Gasteiger partial charge on any atom is -0.456 e. The fourth-order valence-corrected chi connectivity index (χ4v) is 2.59. The van der Waals surface area contributed by atoms with E-state index in [1.165, 1.54) is 6.33 Å². The maximum Gasteiger partial charge on any atom is 0.226 e. The number of aromatic nitrogens is 3. The number of benzene rings is 2. The van der Waals surface area contributed by atoms with Gasteiger partial charge < -0.3 is 9.73 Å². The Morgan fingerprint density at radius 1 is 1.13 bits per heavy atom. The molecule has 6 nitrogen and oxygen atoms in total. The summed E-state index contributed by atoms with van der Waals surface area (Å²) in [5.74, 6) is -0.0624. The van der Waals surface area contributed by atoms with E-state index >= 15 is 0 Å². The van der Waals surface area contributed by atoms with Gasteiger partial charge in [-0.15, -0.1) is 0 Å². The number of aryl methyl sites for hydroxylation is 1. The predicted molar refractivity (Wildman–Crippen MR) is 87.0 cm³/mol. The van der Waals surface area contributed by atoms with Crippen molar-refractivity contribution in [3.8, 4) is 0 Å². The number of nitrogens with one attached hydrogen (secondary N) is 1. The second-order valence-electron chi connectivity index (χ2n) is 5.27. The number of fused-ring (bicyclic) bond motifs is 3. The van der Waals surface area contributed by atoms with Crippen molar-refractivity contribution in [2.75, 3.05) is 5.32 Å². The lowest BCUT2D eigenvalue weighted by Gasteiger charge is -2.05. The number of carbonyl (C=O) groups excluding carboxylic acids is 1. The monoisotopic (exact) mass is 306 g/mol. The van der Waals surface area contributed by atoms with E-state index in [-0.39, 0.29) is 5.91 Å². The molecule has 4 rings (SSSR count). The Labute approximate surface area is 131 Å². The fourth-order valence-electron chi connectivity index (χ4n) is 2.59. The van der Waals surface area contributed by atoms with E-state index in [4.69, 9.17) is 4.42 Å². The van der Waals surface area contributed by atoms with Crippen molar-refractivity contribution in [2.45, 2.75) is 13.0 Å². The first-order valence-corrected chi connectivity index (χ1v) is 7.33. The first-order chi connectivity index (χ1) is 11.3. The summed E-state index contributed by atoms with van der Waals surface area (Å²) >= 11 is 0. The molecule has 1 N–H and O–H groups in total. The topological polar surface area (TPSA) is 73.0 Å². The minimum atomic E-state index is -0.0624. The molecule has 0 saturated heterocycles. The highest BCUT2D eigenvalue weighted by Gasteiger charge is 2.08. The van der Waals surface area contributed by atoms with Gasteiger partial charge in [-0.25, -0.2) is 4.98 Å². The Balaban J connectivity index is 1.54. The van der Waals surface area contributed by atoms with E-state index in [2.05, 4.69) is 15.4 Å². The van der Waals surface area contributed by atoms with Crippen molar-refractivity contribution in [2.24, 2.45) is 0 Å². The standard InChI is InChI=1S/C17H14N4O2/c22-17(7-8-21-11-18-10-19-21)20-12-5-6-16-14(9-12)13-3-1-2-4-15(13)23-16/h1-6,9-11H,7-8H2,(H,20,22). The summed E-state index contributed by atoms with van der Waals surface area (Å²) < 4.78 is 7.41. The number of hydrogen-bond donors (Lipinski definition) is 1. The summed E-state index contributed by atoms with van der Waals surface area (Å²) in [4.78, 5) is 15.9. The molecule has 0 spiro atoms. The molecule has 0 aliphatic heterocycles. The number of furan rings is 1. The summed E-state index contributed by atoms with van der Waals surface area (Å²) in [5, 5.41) is 8.92. The summed E-state index contributed by atoms with van der Waals surface area (Å²) in [5.41, 5.74) is 2.41. The van der Waals surface area contributed by atoms with Crippen molar-refractivity contribution >= 4 is 33.5 Å². The quantitative estimate of drug-likeness (QED) is 0.628. The fraction of sp³-hybridized carbons (Fsp3) is 0.118. The summed E-state index contributed by atoms with van der Waals surface area (Å²) in [6.45, 7) is 0.503. The van der Waals surface area contributed by atoms with Gasteiger partial charge in [-0.3, -0.25) is 9.48 Å². The van der Waals surface area contributed by atoms with Crippen LogP contribution in [0, 0.1) is 0 Å². The van der Waals surface area contributed by atoms with E-state index in [9.17, 15) is 4.79 Å². The van der Waals surface area contributed by atoms with E-state index in [0.717, 1.165) is 27.6 Å². The average molecular weight is 306 g/mol. The third kappa shape index (κ3) is 2.66. The number of carbonyl (C=O) groups is 1. The zero-order valence-electron chi connectivity index (χ0n) is 12.3. The molecule has 2 heterocycles. The molecule has 0 saturated carbocycles. The molecule has 0 unspecified atom stereocenters. The largest absolute Gasteiger partial charge is 0.456 e. The molecular weight excluding hydrogens is 292 g/mol. The molecule has 4 aromatic rings. The maximum atomic E-state index is 12.0. The van der Waals surface area contributed by atoms with Crippen LogP contribution in [-0.4, -0.2) is 20.7 Å². The summed E-state index contributed by atoms with van der Waals surface area (Å²) in [6.07, 6.45) is 3.39. The number of nitrogens with zero attached hydrogens (tertiary/aromatic N) is 3. The van der Waals surface area contributed by atoms with Gasteiger partial charge in [0, 0.05) is 22.9 Å². The Kier molecular flexibility index (Phi) is 3.27. The number of amides is 1. The highest BCUT2D eigenvalue weighted by Crippen LogP contribution is 2.30. The molecule has 0 radical (unpaired) electrons. The van der Waals surface area contributed by atoms with Gasteiger partial charge in [-0.1, -0.05) is 18.2 Å². The molecule has 1 amide bonds. The van der Waals surface area contributed by atoms with Gasteiger partial charge in [0.25, 0.3) is 0 Å². The lowest BCUT2D eigenvalue weighted by atomic mass is 10.1. The third-order valence-corrected chi connectivity index (χ3v) is 3.70. The van der Waals surface area contributed by atoms with Gasteiger partial charge in [0.2, 0.25) is 5.91 Å². The molecule has 6 heteroatoms. The van der Waals surface area contributed by atoms with Crippen molar-refractivity contribution in [1.82, 2.24) is 14.8 Å². The van der Waals surface area contributed by atoms with Crippen LogP contribution in [0.3, 0.4) is 0 Å². The van der Waals surface area contributed by atoms with Crippen LogP contribution in [0.2, 0.25) is 0 Å². The number of anilines is 1. The van der Waals surface area contributed by atoms with Crippen LogP contribution < -0.4 is 5.32 Å². The first kappa shape index (κ1) is 13.5. The van der Waals surface area contributed by atoms with Crippen molar-refractivity contribution in [3.63, 3.8) is 0 Å². The lowest BCUT2D eigenvalue weighted by Crippen LogP contribution is -2.14. The maximum absolute atomic E-state index is 12.0. The molecule has 0 fully saturated rings. The SMILES string of the molecule is O=C(CCn1cncn1)Nc1ccc2oc3ccccc3c2c1. The third-order valence-electron chi connectivity index (χ3n) is 3.70. The van der Waals surface area contributed by atoms with Gasteiger partial charge in [0.05, 0.1) is 6.54 Å². The van der Waals surface area contributed by atoms with E-state index < -0.39 is 0 Å². The van der Waals surface area contributed by atoms with Crippen LogP contribution in [0.15, 0.2) is 59.5 Å². The van der Waals surface area contributed by atoms with Crippen molar-refractivity contribution in [1.29, 1.82) is 0 Å². The molecular formula is C17H14N4O2. The van der Waals surface area contributed by atoms with Crippen LogP contribution >= 0.6 is 0 Å². The molecule has 23 heavy (non-hydrogen) atoms. The second kappa shape index (κ2) is 5.57.